The van der Waals surface area contributed by atoms with Crippen molar-refractivity contribution in [2.45, 2.75) is 6.54 Å². The Labute approximate surface area is 162 Å². The molecule has 7 heteroatoms. The van der Waals surface area contributed by atoms with Crippen molar-refractivity contribution in [1.29, 1.82) is 0 Å². The van der Waals surface area contributed by atoms with Crippen molar-refractivity contribution < 1.29 is 14.7 Å². The van der Waals surface area contributed by atoms with Gasteiger partial charge < -0.3 is 15.3 Å². The smallest absolute Gasteiger partial charge is 0.335 e. The summed E-state index contributed by atoms with van der Waals surface area (Å²) in [6.45, 7) is 1.70. The molecule has 0 aliphatic heterocycles. The number of carbonyl (C=O) groups excluding carboxylic acids is 1. The number of alkyl halides is 2. The molecular weight excluding hydrogens is 375 g/mol. The lowest BCUT2D eigenvalue weighted by atomic mass is 10.1. The summed E-state index contributed by atoms with van der Waals surface area (Å²) in [4.78, 5) is 25.2. The topological polar surface area (TPSA) is 69.6 Å². The Morgan fingerprint density at radius 3 is 1.92 bits per heavy atom. The summed E-state index contributed by atoms with van der Waals surface area (Å²) in [7, 11) is 0. The maximum absolute atomic E-state index is 12.3. The fraction of sp³-hybridized carbons (Fsp3) is 0.263. The maximum atomic E-state index is 12.3. The zero-order valence-corrected chi connectivity index (χ0v) is 15.6. The number of nitrogens with one attached hydrogen (secondary N) is 1. The first-order valence-corrected chi connectivity index (χ1v) is 9.19. The van der Waals surface area contributed by atoms with E-state index >= 15 is 0 Å². The van der Waals surface area contributed by atoms with Gasteiger partial charge in [0.05, 0.1) is 5.56 Å². The molecule has 5 nitrogen and oxygen atoms in total. The Bertz CT molecular complexity index is 727. The quantitative estimate of drug-likeness (QED) is 0.637. The molecule has 138 valence electrons. The molecule has 0 atom stereocenters. The van der Waals surface area contributed by atoms with Crippen molar-refractivity contribution in [3.8, 4) is 0 Å². The highest BCUT2D eigenvalue weighted by Crippen LogP contribution is 2.16. The van der Waals surface area contributed by atoms with E-state index in [0.29, 0.717) is 37.0 Å². The van der Waals surface area contributed by atoms with Gasteiger partial charge in [0.25, 0.3) is 5.91 Å². The zero-order chi connectivity index (χ0) is 18.9. The van der Waals surface area contributed by atoms with Crippen LogP contribution >= 0.6 is 23.2 Å². The summed E-state index contributed by atoms with van der Waals surface area (Å²) in [5.74, 6) is -0.169. The second-order valence-corrected chi connectivity index (χ2v) is 6.35. The Balaban J connectivity index is 1.95. The van der Waals surface area contributed by atoms with Crippen LogP contribution in [0.15, 0.2) is 48.5 Å². The van der Waals surface area contributed by atoms with Crippen LogP contribution in [0.25, 0.3) is 0 Å². The van der Waals surface area contributed by atoms with Crippen LogP contribution in [0.3, 0.4) is 0 Å². The fourth-order valence-corrected chi connectivity index (χ4v) is 2.86. The number of anilines is 1. The highest BCUT2D eigenvalue weighted by Gasteiger charge is 2.09. The van der Waals surface area contributed by atoms with Crippen LogP contribution in [-0.4, -0.2) is 41.8 Å². The first kappa shape index (κ1) is 20.1. The molecule has 0 bridgehead atoms. The molecule has 0 saturated heterocycles. The number of aromatic carboxylic acids is 1. The summed E-state index contributed by atoms with van der Waals surface area (Å²) in [5, 5.41) is 11.7. The highest BCUT2D eigenvalue weighted by molar-refractivity contribution is 6.18. The van der Waals surface area contributed by atoms with Crippen molar-refractivity contribution in [3.05, 3.63) is 65.2 Å². The summed E-state index contributed by atoms with van der Waals surface area (Å²) < 4.78 is 0. The Morgan fingerprint density at radius 2 is 1.42 bits per heavy atom. The van der Waals surface area contributed by atoms with Gasteiger partial charge in [-0.05, 0) is 42.0 Å². The lowest BCUT2D eigenvalue weighted by Crippen LogP contribution is -2.27. The first-order chi connectivity index (χ1) is 12.5. The Morgan fingerprint density at radius 1 is 0.885 bits per heavy atom. The molecule has 2 N–H and O–H groups in total. The molecule has 0 spiro atoms. The van der Waals surface area contributed by atoms with Crippen molar-refractivity contribution in [2.75, 3.05) is 29.7 Å². The molecule has 0 aromatic heterocycles. The molecule has 0 saturated carbocycles. The molecule has 1 amide bonds. The summed E-state index contributed by atoms with van der Waals surface area (Å²) >= 11 is 11.6. The van der Waals surface area contributed by atoms with Crippen LogP contribution < -0.4 is 10.2 Å². The number of amides is 1. The van der Waals surface area contributed by atoms with E-state index in [1.165, 1.54) is 12.1 Å². The van der Waals surface area contributed by atoms with Gasteiger partial charge in [0, 0.05) is 42.6 Å². The lowest BCUT2D eigenvalue weighted by molar-refractivity contribution is 0.0696. The van der Waals surface area contributed by atoms with Crippen LogP contribution in [0.2, 0.25) is 0 Å². The number of rotatable bonds is 9. The molecular formula is C19H20Cl2N2O3. The SMILES string of the molecule is O=C(O)c1ccc(CNC(=O)c2ccc(N(CCCl)CCCl)cc2)cc1. The molecule has 0 aliphatic carbocycles. The number of hydrogen-bond acceptors (Lipinski definition) is 3. The van der Waals surface area contributed by atoms with Crippen LogP contribution in [0.4, 0.5) is 5.69 Å². The number of carboxylic acids is 1. The largest absolute Gasteiger partial charge is 0.478 e. The van der Waals surface area contributed by atoms with E-state index < -0.39 is 5.97 Å². The van der Waals surface area contributed by atoms with E-state index in [1.807, 2.05) is 12.1 Å². The van der Waals surface area contributed by atoms with E-state index in [2.05, 4.69) is 10.2 Å². The number of carboxylic acid groups (broad SMARTS) is 1. The first-order valence-electron chi connectivity index (χ1n) is 8.12. The van der Waals surface area contributed by atoms with Gasteiger partial charge in [-0.2, -0.15) is 0 Å². The zero-order valence-electron chi connectivity index (χ0n) is 14.1. The van der Waals surface area contributed by atoms with Crippen LogP contribution in [0.1, 0.15) is 26.3 Å². The summed E-state index contributed by atoms with van der Waals surface area (Å²) in [5.41, 5.74) is 2.56. The minimum atomic E-state index is -0.974. The van der Waals surface area contributed by atoms with Crippen molar-refractivity contribution in [2.24, 2.45) is 0 Å². The molecule has 2 rings (SSSR count). The Hall–Kier alpha value is -2.24. The molecule has 0 unspecified atom stereocenters. The van der Waals surface area contributed by atoms with Crippen LogP contribution in [0, 0.1) is 0 Å². The van der Waals surface area contributed by atoms with Crippen molar-refractivity contribution in [1.82, 2.24) is 5.32 Å². The fourth-order valence-electron chi connectivity index (χ4n) is 2.45. The van der Waals surface area contributed by atoms with E-state index in [-0.39, 0.29) is 11.5 Å². The van der Waals surface area contributed by atoms with Gasteiger partial charge in [-0.3, -0.25) is 4.79 Å². The summed E-state index contributed by atoms with van der Waals surface area (Å²) in [6.07, 6.45) is 0. The van der Waals surface area contributed by atoms with Crippen LogP contribution in [0.5, 0.6) is 0 Å². The van der Waals surface area contributed by atoms with Crippen molar-refractivity contribution >= 4 is 40.8 Å². The van der Waals surface area contributed by atoms with E-state index in [4.69, 9.17) is 28.3 Å². The standard InChI is InChI=1S/C19H20Cl2N2O3/c20-9-11-23(12-10-21)17-7-5-15(6-8-17)18(24)22-13-14-1-3-16(4-2-14)19(25)26/h1-8H,9-13H2,(H,22,24)(H,25,26). The average Bonchev–Trinajstić information content (AvgIpc) is 2.66. The van der Waals surface area contributed by atoms with Crippen LogP contribution in [-0.2, 0) is 6.54 Å². The number of hydrogen-bond donors (Lipinski definition) is 2. The molecule has 0 radical (unpaired) electrons. The van der Waals surface area contributed by atoms with Gasteiger partial charge in [0.1, 0.15) is 0 Å². The van der Waals surface area contributed by atoms with Gasteiger partial charge in [-0.15, -0.1) is 23.2 Å². The van der Waals surface area contributed by atoms with Gasteiger partial charge in [0.15, 0.2) is 0 Å². The lowest BCUT2D eigenvalue weighted by Gasteiger charge is -2.22. The molecule has 0 aliphatic rings. The monoisotopic (exact) mass is 394 g/mol. The highest BCUT2D eigenvalue weighted by atomic mass is 35.5. The van der Waals surface area contributed by atoms with Gasteiger partial charge in [0.2, 0.25) is 0 Å². The average molecular weight is 395 g/mol. The normalized spacial score (nSPS) is 10.4. The summed E-state index contributed by atoms with van der Waals surface area (Å²) in [6, 6.07) is 13.7. The van der Waals surface area contributed by atoms with Gasteiger partial charge >= 0.3 is 5.97 Å². The van der Waals surface area contributed by atoms with E-state index in [9.17, 15) is 9.59 Å². The van der Waals surface area contributed by atoms with E-state index in [0.717, 1.165) is 11.3 Å². The third kappa shape index (κ3) is 5.64. The van der Waals surface area contributed by atoms with E-state index in [1.54, 1.807) is 24.3 Å². The second-order valence-electron chi connectivity index (χ2n) is 5.60. The van der Waals surface area contributed by atoms with Gasteiger partial charge in [-0.1, -0.05) is 12.1 Å². The molecule has 0 heterocycles. The molecule has 2 aromatic rings. The number of carbonyl (C=O) groups is 2. The predicted molar refractivity (Wildman–Crippen MR) is 105 cm³/mol. The Kier molecular flexibility index (Phi) is 7.75. The minimum absolute atomic E-state index is 0.194. The van der Waals surface area contributed by atoms with Crippen molar-refractivity contribution in [3.63, 3.8) is 0 Å². The number of nitrogens with zero attached hydrogens (tertiary/aromatic N) is 1. The molecule has 2 aromatic carbocycles. The number of halogens is 2. The second kappa shape index (κ2) is 10.0. The third-order valence-corrected chi connectivity index (χ3v) is 4.20. The number of benzene rings is 2. The minimum Gasteiger partial charge on any atom is -0.478 e. The maximum Gasteiger partial charge on any atom is 0.335 e. The third-order valence-electron chi connectivity index (χ3n) is 3.86. The molecule has 26 heavy (non-hydrogen) atoms. The predicted octanol–water partition coefficient (Wildman–Crippen LogP) is 3.60. The molecule has 0 fully saturated rings. The van der Waals surface area contributed by atoms with Gasteiger partial charge in [-0.25, -0.2) is 4.79 Å².